The van der Waals surface area contributed by atoms with Crippen LogP contribution in [0.5, 0.6) is 0 Å². The molecule has 0 unspecified atom stereocenters. The van der Waals surface area contributed by atoms with E-state index in [1.807, 2.05) is 0 Å². The molecule has 0 saturated heterocycles. The maximum absolute atomic E-state index is 4.79. The first-order chi connectivity index (χ1) is 12.6. The van der Waals surface area contributed by atoms with E-state index in [0.717, 1.165) is 59.4 Å². The van der Waals surface area contributed by atoms with Gasteiger partial charge in [0.05, 0.1) is 22.1 Å². The summed E-state index contributed by atoms with van der Waals surface area (Å²) in [6, 6.07) is 10.6. The van der Waals surface area contributed by atoms with Gasteiger partial charge in [-0.15, -0.1) is 0 Å². The molecule has 4 aromatic rings. The third-order valence-corrected chi connectivity index (χ3v) is 5.32. The molecule has 0 spiro atoms. The van der Waals surface area contributed by atoms with Crippen molar-refractivity contribution in [1.29, 1.82) is 0 Å². The average molecular weight is 346 g/mol. The van der Waals surface area contributed by atoms with Gasteiger partial charge in [-0.25, -0.2) is 9.97 Å². The maximum Gasteiger partial charge on any atom is 0.107 e. The van der Waals surface area contributed by atoms with Gasteiger partial charge in [0.1, 0.15) is 11.6 Å². The first-order valence-electron chi connectivity index (χ1n) is 9.51. The number of fused-ring (bicyclic) bond motifs is 2. The molecule has 26 heavy (non-hydrogen) atoms. The summed E-state index contributed by atoms with van der Waals surface area (Å²) in [5.74, 6) is 2.21. The quantitative estimate of drug-likeness (QED) is 0.464. The lowest BCUT2D eigenvalue weighted by Crippen LogP contribution is -1.92. The second kappa shape index (κ2) is 6.94. The topological polar surface area (TPSA) is 57.4 Å². The van der Waals surface area contributed by atoms with Crippen LogP contribution in [0.1, 0.15) is 47.6 Å². The summed E-state index contributed by atoms with van der Waals surface area (Å²) >= 11 is 0. The fourth-order valence-corrected chi connectivity index (χ4v) is 3.59. The van der Waals surface area contributed by atoms with E-state index in [4.69, 9.17) is 9.97 Å². The summed E-state index contributed by atoms with van der Waals surface area (Å²) in [7, 11) is 0. The van der Waals surface area contributed by atoms with Gasteiger partial charge in [0.25, 0.3) is 0 Å². The number of aryl methyl sites for hydroxylation is 5. The Hall–Kier alpha value is -2.62. The van der Waals surface area contributed by atoms with Crippen molar-refractivity contribution in [2.24, 2.45) is 0 Å². The molecule has 0 bridgehead atoms. The van der Waals surface area contributed by atoms with Crippen LogP contribution >= 0.6 is 0 Å². The van der Waals surface area contributed by atoms with Gasteiger partial charge in [-0.05, 0) is 62.4 Å². The lowest BCUT2D eigenvalue weighted by molar-refractivity contribution is 0.656. The molecule has 0 aliphatic heterocycles. The minimum absolute atomic E-state index is 1.01. The minimum atomic E-state index is 1.01. The Morgan fingerprint density at radius 3 is 2.04 bits per heavy atom. The fraction of sp³-hybridized carbons (Fsp3) is 0.364. The summed E-state index contributed by atoms with van der Waals surface area (Å²) in [6.07, 6.45) is 5.50. The van der Waals surface area contributed by atoms with Crippen molar-refractivity contribution in [3.8, 4) is 0 Å². The highest BCUT2D eigenvalue weighted by molar-refractivity contribution is 5.80. The van der Waals surface area contributed by atoms with Gasteiger partial charge in [-0.2, -0.15) is 0 Å². The number of para-hydroxylation sites is 1. The van der Waals surface area contributed by atoms with Gasteiger partial charge >= 0.3 is 0 Å². The number of aromatic nitrogens is 4. The van der Waals surface area contributed by atoms with Crippen LogP contribution < -0.4 is 0 Å². The van der Waals surface area contributed by atoms with Gasteiger partial charge in [0.15, 0.2) is 0 Å². The molecule has 134 valence electrons. The predicted molar refractivity (Wildman–Crippen MR) is 108 cm³/mol. The van der Waals surface area contributed by atoms with E-state index in [0.29, 0.717) is 0 Å². The molecule has 0 saturated carbocycles. The van der Waals surface area contributed by atoms with E-state index in [2.05, 4.69) is 61.1 Å². The van der Waals surface area contributed by atoms with Crippen LogP contribution in [0.3, 0.4) is 0 Å². The van der Waals surface area contributed by atoms with Crippen molar-refractivity contribution in [2.75, 3.05) is 0 Å². The van der Waals surface area contributed by atoms with Crippen LogP contribution in [-0.4, -0.2) is 19.9 Å². The highest BCUT2D eigenvalue weighted by atomic mass is 14.9. The molecule has 0 aliphatic rings. The Kier molecular flexibility index (Phi) is 4.49. The van der Waals surface area contributed by atoms with Crippen LogP contribution in [-0.2, 0) is 12.8 Å². The standard InChI is InChI=1S/C22H26N4/c1-14-12-13-18-22(16(14)3)26-20(24-18)11-6-4-5-10-19-23-17-9-7-8-15(2)21(17)25-19/h7-9,12-13H,4-6,10-11H2,1-3H3,(H,23,25)(H,24,26). The van der Waals surface area contributed by atoms with E-state index < -0.39 is 0 Å². The van der Waals surface area contributed by atoms with Gasteiger partial charge in [-0.1, -0.05) is 24.6 Å². The second-order valence-electron chi connectivity index (χ2n) is 7.30. The molecule has 2 N–H and O–H groups in total. The molecule has 0 radical (unpaired) electrons. The lowest BCUT2D eigenvalue weighted by atomic mass is 10.1. The molecule has 0 aliphatic carbocycles. The molecule has 0 fully saturated rings. The normalized spacial score (nSPS) is 11.7. The van der Waals surface area contributed by atoms with E-state index in [1.54, 1.807) is 0 Å². The van der Waals surface area contributed by atoms with Crippen molar-refractivity contribution in [3.05, 3.63) is 58.7 Å². The van der Waals surface area contributed by atoms with Crippen molar-refractivity contribution in [2.45, 2.75) is 52.9 Å². The molecule has 2 aromatic carbocycles. The van der Waals surface area contributed by atoms with Crippen molar-refractivity contribution in [3.63, 3.8) is 0 Å². The summed E-state index contributed by atoms with van der Waals surface area (Å²) in [4.78, 5) is 16.4. The Balaban J connectivity index is 1.31. The molecule has 4 nitrogen and oxygen atoms in total. The van der Waals surface area contributed by atoms with Gasteiger partial charge in [0.2, 0.25) is 0 Å². The summed E-state index contributed by atoms with van der Waals surface area (Å²) in [5, 5.41) is 0. The average Bonchev–Trinajstić information content (AvgIpc) is 3.23. The van der Waals surface area contributed by atoms with E-state index in [9.17, 15) is 0 Å². The Morgan fingerprint density at radius 1 is 0.692 bits per heavy atom. The minimum Gasteiger partial charge on any atom is -0.342 e. The maximum atomic E-state index is 4.79. The Labute approximate surface area is 154 Å². The molecule has 4 heteroatoms. The third-order valence-electron chi connectivity index (χ3n) is 5.32. The van der Waals surface area contributed by atoms with Crippen molar-refractivity contribution < 1.29 is 0 Å². The number of nitrogens with zero attached hydrogens (tertiary/aromatic N) is 2. The number of imidazole rings is 2. The van der Waals surface area contributed by atoms with Crippen molar-refractivity contribution >= 4 is 22.1 Å². The van der Waals surface area contributed by atoms with Gasteiger partial charge < -0.3 is 9.97 Å². The monoisotopic (exact) mass is 346 g/mol. The van der Waals surface area contributed by atoms with E-state index in [-0.39, 0.29) is 0 Å². The van der Waals surface area contributed by atoms with Crippen LogP contribution in [0, 0.1) is 20.8 Å². The van der Waals surface area contributed by atoms with Crippen LogP contribution in [0.4, 0.5) is 0 Å². The molecule has 2 aromatic heterocycles. The first-order valence-corrected chi connectivity index (χ1v) is 9.51. The zero-order valence-corrected chi connectivity index (χ0v) is 15.8. The highest BCUT2D eigenvalue weighted by Gasteiger charge is 2.07. The number of rotatable bonds is 6. The van der Waals surface area contributed by atoms with Crippen LogP contribution in [0.15, 0.2) is 30.3 Å². The first kappa shape index (κ1) is 16.8. The Bertz CT molecular complexity index is 1050. The van der Waals surface area contributed by atoms with E-state index in [1.165, 1.54) is 23.1 Å². The number of benzene rings is 2. The van der Waals surface area contributed by atoms with Gasteiger partial charge in [-0.3, -0.25) is 0 Å². The number of hydrogen-bond donors (Lipinski definition) is 2. The van der Waals surface area contributed by atoms with Crippen molar-refractivity contribution in [1.82, 2.24) is 19.9 Å². The highest BCUT2D eigenvalue weighted by Crippen LogP contribution is 2.20. The lowest BCUT2D eigenvalue weighted by Gasteiger charge is -1.98. The number of hydrogen-bond acceptors (Lipinski definition) is 2. The molecule has 0 atom stereocenters. The Morgan fingerprint density at radius 2 is 1.35 bits per heavy atom. The number of unbranched alkanes of at least 4 members (excludes halogenated alkanes) is 2. The zero-order chi connectivity index (χ0) is 18.1. The molecular formula is C22H26N4. The number of aromatic amines is 2. The fourth-order valence-electron chi connectivity index (χ4n) is 3.59. The summed E-state index contributed by atoms with van der Waals surface area (Å²) < 4.78 is 0. The number of nitrogens with one attached hydrogen (secondary N) is 2. The molecule has 0 amide bonds. The smallest absolute Gasteiger partial charge is 0.107 e. The number of H-pyrrole nitrogens is 2. The van der Waals surface area contributed by atoms with E-state index >= 15 is 0 Å². The van der Waals surface area contributed by atoms with Crippen LogP contribution in [0.25, 0.3) is 22.1 Å². The van der Waals surface area contributed by atoms with Gasteiger partial charge in [0, 0.05) is 12.8 Å². The summed E-state index contributed by atoms with van der Waals surface area (Å²) in [5.41, 5.74) is 8.35. The zero-order valence-electron chi connectivity index (χ0n) is 15.8. The molecule has 2 heterocycles. The van der Waals surface area contributed by atoms with Crippen LogP contribution in [0.2, 0.25) is 0 Å². The third kappa shape index (κ3) is 3.24. The second-order valence-corrected chi connectivity index (χ2v) is 7.30. The SMILES string of the molecule is Cc1ccc2[nH]c(CCCCCc3nc4c(C)cccc4[nH]3)nc2c1C. The summed E-state index contributed by atoms with van der Waals surface area (Å²) in [6.45, 7) is 6.41. The predicted octanol–water partition coefficient (Wildman–Crippen LogP) is 5.32. The largest absolute Gasteiger partial charge is 0.342 e. The molecule has 4 rings (SSSR count). The molecular weight excluding hydrogens is 320 g/mol.